The second kappa shape index (κ2) is 9.04. The molecule has 0 saturated carbocycles. The summed E-state index contributed by atoms with van der Waals surface area (Å²) in [5, 5.41) is 6.11. The van der Waals surface area contributed by atoms with E-state index >= 15 is 0 Å². The lowest BCUT2D eigenvalue weighted by atomic mass is 10.1. The van der Waals surface area contributed by atoms with Gasteiger partial charge in [-0.2, -0.15) is 0 Å². The molecule has 0 bridgehead atoms. The lowest BCUT2D eigenvalue weighted by Gasteiger charge is -2.10. The molecule has 0 aliphatic heterocycles. The van der Waals surface area contributed by atoms with Gasteiger partial charge in [-0.3, -0.25) is 14.6 Å². The van der Waals surface area contributed by atoms with Crippen LogP contribution < -0.4 is 16.2 Å². The first-order valence-electron chi connectivity index (χ1n) is 9.81. The van der Waals surface area contributed by atoms with Crippen LogP contribution in [-0.4, -0.2) is 20.9 Å². The van der Waals surface area contributed by atoms with Crippen LogP contribution >= 0.6 is 0 Å². The summed E-state index contributed by atoms with van der Waals surface area (Å²) >= 11 is 0. The van der Waals surface area contributed by atoms with E-state index in [2.05, 4.69) is 25.6 Å². The molecule has 0 aliphatic carbocycles. The number of aryl methyl sites for hydroxylation is 1. The Kier molecular flexibility index (Phi) is 5.84. The fraction of sp³-hybridized carbons (Fsp3) is 0.0833. The van der Waals surface area contributed by atoms with Gasteiger partial charge in [0.05, 0.1) is 6.42 Å². The van der Waals surface area contributed by atoms with Gasteiger partial charge in [0.1, 0.15) is 5.82 Å². The SMILES string of the molecule is Cc1nc(-c2cccnc2)[nH]c(=O)c1CC(=O)Nc1ccc(Nc2ccccc2)cc1. The third kappa shape index (κ3) is 5.02. The van der Waals surface area contributed by atoms with Crippen LogP contribution in [0, 0.1) is 6.92 Å². The molecular weight excluding hydrogens is 390 g/mol. The molecular formula is C24H21N5O2. The lowest BCUT2D eigenvalue weighted by molar-refractivity contribution is -0.115. The Morgan fingerprint density at radius 3 is 2.32 bits per heavy atom. The van der Waals surface area contributed by atoms with Gasteiger partial charge in [0.15, 0.2) is 0 Å². The van der Waals surface area contributed by atoms with Crippen molar-refractivity contribution in [2.75, 3.05) is 10.6 Å². The van der Waals surface area contributed by atoms with E-state index in [1.54, 1.807) is 25.4 Å². The van der Waals surface area contributed by atoms with Crippen LogP contribution in [0.4, 0.5) is 17.1 Å². The van der Waals surface area contributed by atoms with Crippen LogP contribution in [-0.2, 0) is 11.2 Å². The number of nitrogens with one attached hydrogen (secondary N) is 3. The lowest BCUT2D eigenvalue weighted by Crippen LogP contribution is -2.23. The van der Waals surface area contributed by atoms with Gasteiger partial charge in [-0.1, -0.05) is 18.2 Å². The van der Waals surface area contributed by atoms with Gasteiger partial charge in [-0.05, 0) is 55.5 Å². The molecule has 2 heterocycles. The maximum atomic E-state index is 12.5. The molecule has 0 aliphatic rings. The highest BCUT2D eigenvalue weighted by molar-refractivity contribution is 5.92. The van der Waals surface area contributed by atoms with Crippen molar-refractivity contribution in [2.45, 2.75) is 13.3 Å². The van der Waals surface area contributed by atoms with E-state index in [4.69, 9.17) is 0 Å². The molecule has 154 valence electrons. The molecule has 0 unspecified atom stereocenters. The van der Waals surface area contributed by atoms with Crippen LogP contribution in [0.1, 0.15) is 11.3 Å². The molecule has 7 nitrogen and oxygen atoms in total. The Labute approximate surface area is 179 Å². The van der Waals surface area contributed by atoms with Gasteiger partial charge in [-0.25, -0.2) is 4.98 Å². The highest BCUT2D eigenvalue weighted by Gasteiger charge is 2.14. The number of benzene rings is 2. The van der Waals surface area contributed by atoms with E-state index in [0.29, 0.717) is 28.3 Å². The molecule has 0 fully saturated rings. The summed E-state index contributed by atoms with van der Waals surface area (Å²) in [6, 6.07) is 20.8. The number of para-hydroxylation sites is 1. The van der Waals surface area contributed by atoms with Crippen LogP contribution in [0.2, 0.25) is 0 Å². The predicted molar refractivity (Wildman–Crippen MR) is 121 cm³/mol. The first-order chi connectivity index (χ1) is 15.1. The molecule has 0 spiro atoms. The third-order valence-corrected chi connectivity index (χ3v) is 4.73. The minimum atomic E-state index is -0.330. The van der Waals surface area contributed by atoms with Crippen LogP contribution in [0.5, 0.6) is 0 Å². The number of aromatic amines is 1. The average molecular weight is 411 g/mol. The van der Waals surface area contributed by atoms with Crippen molar-refractivity contribution < 1.29 is 4.79 Å². The first kappa shape index (κ1) is 20.0. The minimum Gasteiger partial charge on any atom is -0.356 e. The zero-order valence-electron chi connectivity index (χ0n) is 16.9. The molecule has 0 atom stereocenters. The number of anilines is 3. The summed E-state index contributed by atoms with van der Waals surface area (Å²) in [6.07, 6.45) is 3.21. The molecule has 2 aromatic carbocycles. The Balaban J connectivity index is 1.42. The Morgan fingerprint density at radius 2 is 1.65 bits per heavy atom. The number of carbonyl (C=O) groups excluding carboxylic acids is 1. The number of amides is 1. The second-order valence-electron chi connectivity index (χ2n) is 7.01. The highest BCUT2D eigenvalue weighted by atomic mass is 16.2. The molecule has 31 heavy (non-hydrogen) atoms. The van der Waals surface area contributed by atoms with Gasteiger partial charge in [0.2, 0.25) is 5.91 Å². The van der Waals surface area contributed by atoms with Crippen molar-refractivity contribution in [3.63, 3.8) is 0 Å². The number of nitrogens with zero attached hydrogens (tertiary/aromatic N) is 2. The summed E-state index contributed by atoms with van der Waals surface area (Å²) in [7, 11) is 0. The smallest absolute Gasteiger partial charge is 0.255 e. The fourth-order valence-corrected chi connectivity index (χ4v) is 3.15. The second-order valence-corrected chi connectivity index (χ2v) is 7.01. The molecule has 7 heteroatoms. The van der Waals surface area contributed by atoms with E-state index in [1.807, 2.05) is 60.7 Å². The number of H-pyrrole nitrogens is 1. The maximum absolute atomic E-state index is 12.5. The van der Waals surface area contributed by atoms with Crippen LogP contribution in [0.15, 0.2) is 83.9 Å². The molecule has 0 saturated heterocycles. The van der Waals surface area contributed by atoms with Gasteiger partial charge in [-0.15, -0.1) is 0 Å². The third-order valence-electron chi connectivity index (χ3n) is 4.73. The molecule has 3 N–H and O–H groups in total. The van der Waals surface area contributed by atoms with Gasteiger partial charge < -0.3 is 15.6 Å². The van der Waals surface area contributed by atoms with Gasteiger partial charge in [0, 0.05) is 46.3 Å². The standard InChI is InChI=1S/C24H21N5O2/c1-16-21(24(31)29-23(26-16)17-6-5-13-25-15-17)14-22(30)28-20-11-9-19(10-12-20)27-18-7-3-2-4-8-18/h2-13,15,27H,14H2,1H3,(H,28,30)(H,26,29,31). The average Bonchev–Trinajstić information content (AvgIpc) is 2.79. The zero-order valence-corrected chi connectivity index (χ0v) is 16.9. The molecule has 2 aromatic heterocycles. The quantitative estimate of drug-likeness (QED) is 0.444. The Morgan fingerprint density at radius 1 is 0.935 bits per heavy atom. The van der Waals surface area contributed by atoms with Crippen molar-refractivity contribution in [3.05, 3.63) is 101 Å². The number of pyridine rings is 1. The normalized spacial score (nSPS) is 10.5. The van der Waals surface area contributed by atoms with Crippen molar-refractivity contribution >= 4 is 23.0 Å². The van der Waals surface area contributed by atoms with Crippen LogP contribution in [0.3, 0.4) is 0 Å². The first-order valence-corrected chi connectivity index (χ1v) is 9.81. The van der Waals surface area contributed by atoms with Crippen molar-refractivity contribution in [1.82, 2.24) is 15.0 Å². The van der Waals surface area contributed by atoms with Crippen molar-refractivity contribution in [3.8, 4) is 11.4 Å². The fourth-order valence-electron chi connectivity index (χ4n) is 3.15. The van der Waals surface area contributed by atoms with Crippen molar-refractivity contribution in [1.29, 1.82) is 0 Å². The molecule has 0 radical (unpaired) electrons. The van der Waals surface area contributed by atoms with Gasteiger partial charge in [0.25, 0.3) is 5.56 Å². The summed E-state index contributed by atoms with van der Waals surface area (Å²) in [5.74, 6) is 0.148. The summed E-state index contributed by atoms with van der Waals surface area (Å²) in [5.41, 5.74) is 3.78. The number of aromatic nitrogens is 3. The molecule has 1 amide bonds. The summed E-state index contributed by atoms with van der Waals surface area (Å²) < 4.78 is 0. The minimum absolute atomic E-state index is 0.0640. The van der Waals surface area contributed by atoms with E-state index in [1.165, 1.54) is 0 Å². The maximum Gasteiger partial charge on any atom is 0.255 e. The van der Waals surface area contributed by atoms with Crippen LogP contribution in [0.25, 0.3) is 11.4 Å². The number of carbonyl (C=O) groups is 1. The van der Waals surface area contributed by atoms with E-state index in [9.17, 15) is 9.59 Å². The van der Waals surface area contributed by atoms with E-state index in [-0.39, 0.29) is 17.9 Å². The molecule has 4 rings (SSSR count). The zero-order chi connectivity index (χ0) is 21.6. The number of hydrogen-bond donors (Lipinski definition) is 3. The van der Waals surface area contributed by atoms with E-state index in [0.717, 1.165) is 11.4 Å². The number of rotatable bonds is 6. The largest absolute Gasteiger partial charge is 0.356 e. The van der Waals surface area contributed by atoms with Crippen molar-refractivity contribution in [2.24, 2.45) is 0 Å². The highest BCUT2D eigenvalue weighted by Crippen LogP contribution is 2.19. The van der Waals surface area contributed by atoms with Gasteiger partial charge >= 0.3 is 0 Å². The van der Waals surface area contributed by atoms with E-state index < -0.39 is 0 Å². The Bertz CT molecular complexity index is 1240. The summed E-state index contributed by atoms with van der Waals surface area (Å²) in [4.78, 5) is 36.2. The number of hydrogen-bond acceptors (Lipinski definition) is 5. The topological polar surface area (TPSA) is 99.8 Å². The monoisotopic (exact) mass is 411 g/mol. The predicted octanol–water partition coefficient (Wildman–Crippen LogP) is 4.07. The molecule has 4 aromatic rings. The Hall–Kier alpha value is -4.26. The summed E-state index contributed by atoms with van der Waals surface area (Å²) in [6.45, 7) is 1.72.